The highest BCUT2D eigenvalue weighted by Crippen LogP contribution is 2.30. The molecule has 2 rings (SSSR count). The maximum atomic E-state index is 11.6. The van der Waals surface area contributed by atoms with Gasteiger partial charge in [-0.05, 0) is 6.07 Å². The number of hydrogen-bond donors (Lipinski definition) is 3. The summed E-state index contributed by atoms with van der Waals surface area (Å²) in [4.78, 5) is 25.3. The highest BCUT2D eigenvalue weighted by molar-refractivity contribution is 5.23. The van der Waals surface area contributed by atoms with Gasteiger partial charge in [0.2, 0.25) is 6.23 Å². The summed E-state index contributed by atoms with van der Waals surface area (Å²) >= 11 is 0. The van der Waals surface area contributed by atoms with Crippen LogP contribution in [-0.2, 0) is 4.74 Å². The molecule has 0 amide bonds. The van der Waals surface area contributed by atoms with Crippen LogP contribution in [0.5, 0.6) is 0 Å². The van der Waals surface area contributed by atoms with Crippen LogP contribution < -0.4 is 11.4 Å². The van der Waals surface area contributed by atoms with Crippen molar-refractivity contribution in [1.82, 2.24) is 9.55 Å². The van der Waals surface area contributed by atoms with Crippen LogP contribution in [0.3, 0.4) is 0 Å². The lowest BCUT2D eigenvalue weighted by atomic mass is 10.1. The number of aromatic nitrogens is 2. The Morgan fingerprint density at radius 1 is 1.63 bits per heavy atom. The fraction of sp³-hybridized carbons (Fsp3) is 0.556. The first kappa shape index (κ1) is 13.4. The molecular formula is C9H12N4O6. The Bertz CT molecular complexity index is 546. The average Bonchev–Trinajstić information content (AvgIpc) is 2.66. The summed E-state index contributed by atoms with van der Waals surface area (Å²) in [7, 11) is 0. The predicted octanol–water partition coefficient (Wildman–Crippen LogP) is -2.28. The first-order chi connectivity index (χ1) is 8.95. The third kappa shape index (κ3) is 2.28. The average molecular weight is 272 g/mol. The minimum atomic E-state index is -1.57. The lowest BCUT2D eigenvalue weighted by Crippen LogP contribution is -2.41. The summed E-state index contributed by atoms with van der Waals surface area (Å²) < 4.78 is 6.01. The van der Waals surface area contributed by atoms with Gasteiger partial charge in [0.15, 0.2) is 6.10 Å². The Hall–Kier alpha value is -2.04. The van der Waals surface area contributed by atoms with Crippen LogP contribution in [0.15, 0.2) is 17.1 Å². The van der Waals surface area contributed by atoms with E-state index in [2.05, 4.69) is 4.98 Å². The second kappa shape index (κ2) is 4.91. The van der Waals surface area contributed by atoms with Crippen LogP contribution in [-0.4, -0.2) is 49.5 Å². The van der Waals surface area contributed by atoms with Gasteiger partial charge in [-0.1, -0.05) is 0 Å². The van der Waals surface area contributed by atoms with Gasteiger partial charge in [0, 0.05) is 11.1 Å². The Morgan fingerprint density at radius 2 is 2.32 bits per heavy atom. The molecule has 0 aromatic carbocycles. The second-order valence-electron chi connectivity index (χ2n) is 4.06. The van der Waals surface area contributed by atoms with E-state index in [0.717, 1.165) is 4.57 Å². The Balaban J connectivity index is 2.42. The molecule has 0 spiro atoms. The van der Waals surface area contributed by atoms with Gasteiger partial charge in [-0.15, -0.1) is 0 Å². The van der Waals surface area contributed by atoms with Crippen molar-refractivity contribution in [3.8, 4) is 0 Å². The first-order valence-corrected chi connectivity index (χ1v) is 5.38. The summed E-state index contributed by atoms with van der Waals surface area (Å²) in [6.45, 7) is -0.598. The zero-order valence-electron chi connectivity index (χ0n) is 9.62. The van der Waals surface area contributed by atoms with Crippen LogP contribution in [0, 0.1) is 10.1 Å². The quantitative estimate of drug-likeness (QED) is 0.410. The van der Waals surface area contributed by atoms with Crippen molar-refractivity contribution >= 4 is 5.82 Å². The van der Waals surface area contributed by atoms with Gasteiger partial charge in [0.25, 0.3) is 6.04 Å². The maximum absolute atomic E-state index is 11.6. The number of nitro groups is 1. The third-order valence-electron chi connectivity index (χ3n) is 2.89. The number of rotatable bonds is 3. The van der Waals surface area contributed by atoms with E-state index in [-0.39, 0.29) is 5.82 Å². The zero-order chi connectivity index (χ0) is 14.2. The molecule has 1 aliphatic rings. The second-order valence-corrected chi connectivity index (χ2v) is 4.06. The van der Waals surface area contributed by atoms with Crippen LogP contribution in [0.25, 0.3) is 0 Å². The van der Waals surface area contributed by atoms with E-state index < -0.39 is 41.7 Å². The molecule has 1 fully saturated rings. The van der Waals surface area contributed by atoms with Gasteiger partial charge < -0.3 is 20.7 Å². The highest BCUT2D eigenvalue weighted by Gasteiger charge is 2.52. The zero-order valence-corrected chi connectivity index (χ0v) is 9.62. The molecule has 1 aliphatic heterocycles. The van der Waals surface area contributed by atoms with E-state index >= 15 is 0 Å². The Labute approximate surface area is 106 Å². The lowest BCUT2D eigenvalue weighted by Gasteiger charge is -2.15. The predicted molar refractivity (Wildman–Crippen MR) is 60.7 cm³/mol. The molecule has 1 saturated heterocycles. The van der Waals surface area contributed by atoms with Crippen molar-refractivity contribution in [1.29, 1.82) is 0 Å². The number of nitrogen functional groups attached to an aromatic ring is 1. The molecule has 4 atom stereocenters. The van der Waals surface area contributed by atoms with Gasteiger partial charge in [-0.2, -0.15) is 4.98 Å². The van der Waals surface area contributed by atoms with E-state index in [1.54, 1.807) is 0 Å². The van der Waals surface area contributed by atoms with Crippen molar-refractivity contribution in [2.45, 2.75) is 24.5 Å². The van der Waals surface area contributed by atoms with Gasteiger partial charge in [-0.25, -0.2) is 4.79 Å². The minimum Gasteiger partial charge on any atom is -0.394 e. The maximum Gasteiger partial charge on any atom is 0.351 e. The minimum absolute atomic E-state index is 0.0313. The molecule has 0 radical (unpaired) electrons. The normalized spacial score (nSPS) is 30.4. The standard InChI is InChI=1S/C9H12N4O6/c10-5-1-2-12(9(16)11-5)8-6(13(17)18)7(15)4(3-14)19-8/h1-2,4,6-8,14-15H,3H2,(H2,10,11,16)/t4-,6+,7-,8-/m1/s1. The first-order valence-electron chi connectivity index (χ1n) is 5.38. The summed E-state index contributed by atoms with van der Waals surface area (Å²) in [5.41, 5.74) is 4.48. The van der Waals surface area contributed by atoms with Gasteiger partial charge in [-0.3, -0.25) is 14.7 Å². The number of anilines is 1. The highest BCUT2D eigenvalue weighted by atomic mass is 16.6. The Kier molecular flexibility index (Phi) is 3.46. The largest absolute Gasteiger partial charge is 0.394 e. The van der Waals surface area contributed by atoms with Crippen molar-refractivity contribution in [3.63, 3.8) is 0 Å². The summed E-state index contributed by atoms with van der Waals surface area (Å²) in [5.74, 6) is -0.0313. The molecule has 10 heteroatoms. The molecule has 104 valence electrons. The molecule has 0 saturated carbocycles. The van der Waals surface area contributed by atoms with Crippen LogP contribution in [0.2, 0.25) is 0 Å². The molecule has 0 unspecified atom stereocenters. The van der Waals surface area contributed by atoms with Crippen molar-refractivity contribution < 1.29 is 19.9 Å². The number of hydrogen-bond acceptors (Lipinski definition) is 8. The molecule has 19 heavy (non-hydrogen) atoms. The van der Waals surface area contributed by atoms with Crippen LogP contribution in [0.1, 0.15) is 6.23 Å². The molecule has 1 aromatic heterocycles. The molecule has 0 bridgehead atoms. The lowest BCUT2D eigenvalue weighted by molar-refractivity contribution is -0.541. The summed E-state index contributed by atoms with van der Waals surface area (Å²) in [5, 5.41) is 29.7. The van der Waals surface area contributed by atoms with Crippen molar-refractivity contribution in [2.24, 2.45) is 0 Å². The van der Waals surface area contributed by atoms with Gasteiger partial charge in [0.1, 0.15) is 11.9 Å². The van der Waals surface area contributed by atoms with Crippen molar-refractivity contribution in [3.05, 3.63) is 32.9 Å². The SMILES string of the molecule is Nc1ccn([C@@H]2O[C@H](CO)[C@@H](O)[C@@H]2[N+](=O)[O-])c(=O)n1. The topological polar surface area (TPSA) is 154 Å². The Morgan fingerprint density at radius 3 is 2.84 bits per heavy atom. The summed E-state index contributed by atoms with van der Waals surface area (Å²) in [6.07, 6.45) is -2.81. The fourth-order valence-electron chi connectivity index (χ4n) is 1.96. The van der Waals surface area contributed by atoms with Gasteiger partial charge in [0.05, 0.1) is 6.61 Å². The summed E-state index contributed by atoms with van der Waals surface area (Å²) in [6, 6.07) is -0.291. The fourth-order valence-corrected chi connectivity index (χ4v) is 1.96. The number of nitrogens with zero attached hydrogens (tertiary/aromatic N) is 3. The van der Waals surface area contributed by atoms with E-state index in [9.17, 15) is 20.0 Å². The van der Waals surface area contributed by atoms with Crippen LogP contribution >= 0.6 is 0 Å². The molecule has 0 aliphatic carbocycles. The number of nitrogens with two attached hydrogens (primary N) is 1. The van der Waals surface area contributed by atoms with E-state index in [0.29, 0.717) is 0 Å². The third-order valence-corrected chi connectivity index (χ3v) is 2.89. The van der Waals surface area contributed by atoms with Crippen LogP contribution in [0.4, 0.5) is 5.82 Å². The van der Waals surface area contributed by atoms with Crippen molar-refractivity contribution in [2.75, 3.05) is 12.3 Å². The van der Waals surface area contributed by atoms with E-state index in [4.69, 9.17) is 15.6 Å². The molecule has 2 heterocycles. The molecule has 10 nitrogen and oxygen atoms in total. The smallest absolute Gasteiger partial charge is 0.351 e. The van der Waals surface area contributed by atoms with Gasteiger partial charge >= 0.3 is 5.69 Å². The van der Waals surface area contributed by atoms with E-state index in [1.165, 1.54) is 12.3 Å². The molecule has 1 aromatic rings. The number of aliphatic hydroxyl groups is 2. The number of aliphatic hydroxyl groups excluding tert-OH is 2. The monoisotopic (exact) mass is 272 g/mol. The molecule has 4 N–H and O–H groups in total. The molecular weight excluding hydrogens is 260 g/mol. The van der Waals surface area contributed by atoms with E-state index in [1.807, 2.05) is 0 Å². The number of ether oxygens (including phenoxy) is 1.